The predicted molar refractivity (Wildman–Crippen MR) is 74.9 cm³/mol. The second kappa shape index (κ2) is 4.55. The summed E-state index contributed by atoms with van der Waals surface area (Å²) in [6.45, 7) is 0. The van der Waals surface area contributed by atoms with Crippen molar-refractivity contribution in [2.24, 2.45) is 0 Å². The van der Waals surface area contributed by atoms with Crippen molar-refractivity contribution < 1.29 is 4.42 Å². The molecule has 0 saturated carbocycles. The highest BCUT2D eigenvalue weighted by Crippen LogP contribution is 2.31. The SMILES string of the molecule is SCCc1nc(-c2coc3ccccc23)cs1. The summed E-state index contributed by atoms with van der Waals surface area (Å²) in [7, 11) is 0. The molecule has 86 valence electrons. The second-order valence-electron chi connectivity index (χ2n) is 3.75. The first-order valence-corrected chi connectivity index (χ1v) is 6.91. The third kappa shape index (κ3) is 1.98. The van der Waals surface area contributed by atoms with Gasteiger partial charge in [0.05, 0.1) is 10.7 Å². The first-order valence-electron chi connectivity index (χ1n) is 5.40. The average molecular weight is 261 g/mol. The number of aromatic nitrogens is 1. The largest absolute Gasteiger partial charge is 0.464 e. The van der Waals surface area contributed by atoms with E-state index in [1.165, 1.54) is 0 Å². The highest BCUT2D eigenvalue weighted by Gasteiger charge is 2.10. The minimum atomic E-state index is 0.832. The van der Waals surface area contributed by atoms with Gasteiger partial charge in [0.15, 0.2) is 0 Å². The Bertz CT molecular complexity index is 641. The normalized spacial score (nSPS) is 11.1. The zero-order chi connectivity index (χ0) is 11.7. The van der Waals surface area contributed by atoms with E-state index >= 15 is 0 Å². The number of fused-ring (bicyclic) bond motifs is 1. The molecule has 0 saturated heterocycles. The Morgan fingerprint density at radius 3 is 3.06 bits per heavy atom. The third-order valence-electron chi connectivity index (χ3n) is 2.63. The molecule has 3 rings (SSSR count). The number of hydrogen-bond donors (Lipinski definition) is 1. The van der Waals surface area contributed by atoms with Gasteiger partial charge in [-0.3, -0.25) is 0 Å². The van der Waals surface area contributed by atoms with Gasteiger partial charge in [-0.15, -0.1) is 11.3 Å². The van der Waals surface area contributed by atoms with Gasteiger partial charge >= 0.3 is 0 Å². The molecule has 0 aliphatic carbocycles. The van der Waals surface area contributed by atoms with Crippen LogP contribution in [0.25, 0.3) is 22.2 Å². The number of thiol groups is 1. The Labute approximate surface area is 109 Å². The van der Waals surface area contributed by atoms with E-state index in [-0.39, 0.29) is 0 Å². The van der Waals surface area contributed by atoms with E-state index in [0.29, 0.717) is 0 Å². The molecule has 3 aromatic rings. The molecule has 0 aliphatic heterocycles. The lowest BCUT2D eigenvalue weighted by Gasteiger charge is -1.92. The van der Waals surface area contributed by atoms with Crippen LogP contribution in [0.5, 0.6) is 0 Å². The number of rotatable bonds is 3. The first-order chi connectivity index (χ1) is 8.38. The van der Waals surface area contributed by atoms with Gasteiger partial charge in [-0.25, -0.2) is 4.98 Å². The molecule has 2 aromatic heterocycles. The van der Waals surface area contributed by atoms with Crippen molar-refractivity contribution in [2.75, 3.05) is 5.75 Å². The molecule has 0 spiro atoms. The molecule has 0 unspecified atom stereocenters. The molecule has 2 heterocycles. The van der Waals surface area contributed by atoms with Gasteiger partial charge in [0.1, 0.15) is 11.8 Å². The first kappa shape index (κ1) is 10.9. The molecular weight excluding hydrogens is 250 g/mol. The van der Waals surface area contributed by atoms with E-state index in [4.69, 9.17) is 4.42 Å². The average Bonchev–Trinajstić information content (AvgIpc) is 2.95. The Hall–Kier alpha value is -1.26. The van der Waals surface area contributed by atoms with E-state index in [1.54, 1.807) is 17.6 Å². The Kier molecular flexibility index (Phi) is 2.91. The van der Waals surface area contributed by atoms with Crippen molar-refractivity contribution in [3.63, 3.8) is 0 Å². The Balaban J connectivity index is 2.07. The molecule has 0 bridgehead atoms. The summed E-state index contributed by atoms with van der Waals surface area (Å²) in [4.78, 5) is 4.60. The number of benzene rings is 1. The minimum Gasteiger partial charge on any atom is -0.464 e. The molecule has 0 aliphatic rings. The summed E-state index contributed by atoms with van der Waals surface area (Å²) < 4.78 is 5.52. The number of aryl methyl sites for hydroxylation is 1. The lowest BCUT2D eigenvalue weighted by atomic mass is 10.1. The molecular formula is C13H11NOS2. The molecule has 1 aromatic carbocycles. The van der Waals surface area contributed by atoms with Gasteiger partial charge in [0.2, 0.25) is 0 Å². The Morgan fingerprint density at radius 2 is 2.18 bits per heavy atom. The summed E-state index contributed by atoms with van der Waals surface area (Å²) in [6, 6.07) is 8.02. The van der Waals surface area contributed by atoms with Crippen LogP contribution < -0.4 is 0 Å². The monoisotopic (exact) mass is 261 g/mol. The quantitative estimate of drug-likeness (QED) is 0.720. The van der Waals surface area contributed by atoms with Crippen LogP contribution in [0.3, 0.4) is 0 Å². The van der Waals surface area contributed by atoms with Gasteiger partial charge < -0.3 is 4.42 Å². The number of para-hydroxylation sites is 1. The lowest BCUT2D eigenvalue weighted by molar-refractivity contribution is 0.617. The van der Waals surface area contributed by atoms with Crippen LogP contribution in [-0.4, -0.2) is 10.7 Å². The summed E-state index contributed by atoms with van der Waals surface area (Å²) in [5.41, 5.74) is 2.98. The summed E-state index contributed by atoms with van der Waals surface area (Å²) in [5, 5.41) is 4.33. The van der Waals surface area contributed by atoms with Crippen LogP contribution in [0.2, 0.25) is 0 Å². The fraction of sp³-hybridized carbons (Fsp3) is 0.154. The molecule has 0 fully saturated rings. The van der Waals surface area contributed by atoms with Crippen LogP contribution in [0, 0.1) is 0 Å². The van der Waals surface area contributed by atoms with Crippen molar-refractivity contribution in [3.8, 4) is 11.3 Å². The van der Waals surface area contributed by atoms with Gasteiger partial charge in [-0.2, -0.15) is 12.6 Å². The molecule has 17 heavy (non-hydrogen) atoms. The van der Waals surface area contributed by atoms with Crippen LogP contribution in [0.4, 0.5) is 0 Å². The topological polar surface area (TPSA) is 26.0 Å². The van der Waals surface area contributed by atoms with Gasteiger partial charge in [-0.05, 0) is 11.8 Å². The fourth-order valence-corrected chi connectivity index (χ4v) is 2.98. The van der Waals surface area contributed by atoms with E-state index in [0.717, 1.165) is 39.4 Å². The van der Waals surface area contributed by atoms with Crippen molar-refractivity contribution in [3.05, 3.63) is 40.9 Å². The standard InChI is InChI=1S/C13H11NOS2/c16-6-5-13-14-11(8-17-13)10-7-15-12-4-2-1-3-9(10)12/h1-4,7-8,16H,5-6H2. The fourth-order valence-electron chi connectivity index (χ4n) is 1.82. The van der Waals surface area contributed by atoms with E-state index < -0.39 is 0 Å². The smallest absolute Gasteiger partial charge is 0.134 e. The van der Waals surface area contributed by atoms with E-state index in [1.807, 2.05) is 18.2 Å². The molecule has 4 heteroatoms. The van der Waals surface area contributed by atoms with Gasteiger partial charge in [0, 0.05) is 22.8 Å². The number of hydrogen-bond acceptors (Lipinski definition) is 4. The molecule has 0 radical (unpaired) electrons. The van der Waals surface area contributed by atoms with Crippen LogP contribution >= 0.6 is 24.0 Å². The number of nitrogens with zero attached hydrogens (tertiary/aromatic N) is 1. The second-order valence-corrected chi connectivity index (χ2v) is 5.14. The molecule has 0 atom stereocenters. The summed E-state index contributed by atoms with van der Waals surface area (Å²) >= 11 is 5.90. The van der Waals surface area contributed by atoms with Crippen molar-refractivity contribution >= 4 is 34.9 Å². The van der Waals surface area contributed by atoms with Crippen LogP contribution in [-0.2, 0) is 6.42 Å². The summed E-state index contributed by atoms with van der Waals surface area (Å²) in [5.74, 6) is 0.832. The zero-order valence-electron chi connectivity index (χ0n) is 9.09. The van der Waals surface area contributed by atoms with Crippen molar-refractivity contribution in [1.82, 2.24) is 4.98 Å². The number of furan rings is 1. The predicted octanol–water partition coefficient (Wildman–Crippen LogP) is 4.03. The lowest BCUT2D eigenvalue weighted by Crippen LogP contribution is -1.84. The van der Waals surface area contributed by atoms with Crippen molar-refractivity contribution in [1.29, 1.82) is 0 Å². The van der Waals surface area contributed by atoms with E-state index in [9.17, 15) is 0 Å². The molecule has 2 nitrogen and oxygen atoms in total. The van der Waals surface area contributed by atoms with Gasteiger partial charge in [-0.1, -0.05) is 18.2 Å². The van der Waals surface area contributed by atoms with Crippen LogP contribution in [0.1, 0.15) is 5.01 Å². The summed E-state index contributed by atoms with van der Waals surface area (Å²) in [6.07, 6.45) is 2.70. The zero-order valence-corrected chi connectivity index (χ0v) is 10.8. The third-order valence-corrected chi connectivity index (χ3v) is 3.77. The van der Waals surface area contributed by atoms with Gasteiger partial charge in [0.25, 0.3) is 0 Å². The maximum Gasteiger partial charge on any atom is 0.134 e. The highest BCUT2D eigenvalue weighted by atomic mass is 32.1. The molecule has 0 N–H and O–H groups in total. The number of thiazole rings is 1. The highest BCUT2D eigenvalue weighted by molar-refractivity contribution is 7.80. The minimum absolute atomic E-state index is 0.832. The maximum absolute atomic E-state index is 5.52. The Morgan fingerprint density at radius 1 is 1.29 bits per heavy atom. The maximum atomic E-state index is 5.52. The van der Waals surface area contributed by atoms with Crippen LogP contribution in [0.15, 0.2) is 40.3 Å². The van der Waals surface area contributed by atoms with Crippen molar-refractivity contribution in [2.45, 2.75) is 6.42 Å². The van der Waals surface area contributed by atoms with E-state index in [2.05, 4.69) is 29.1 Å². The molecule has 0 amide bonds.